The van der Waals surface area contributed by atoms with Gasteiger partial charge in [0, 0.05) is 5.56 Å². The standard InChI is InChI=1S/C17H16N4O2/c18-20-15(12-6-2-1-3-7-12)16-19-14-9-5-4-8-13(14)17(23)21(16)10-11-22/h1-9,22H,10-11,18H2/b20-15-. The average molecular weight is 308 g/mol. The maximum absolute atomic E-state index is 12.7. The van der Waals surface area contributed by atoms with Gasteiger partial charge >= 0.3 is 0 Å². The van der Waals surface area contributed by atoms with Crippen molar-refractivity contribution in [2.24, 2.45) is 10.9 Å². The molecule has 0 amide bonds. The Kier molecular flexibility index (Phi) is 4.16. The van der Waals surface area contributed by atoms with Crippen molar-refractivity contribution in [3.63, 3.8) is 0 Å². The first-order valence-electron chi connectivity index (χ1n) is 7.20. The summed E-state index contributed by atoms with van der Waals surface area (Å²) >= 11 is 0. The minimum absolute atomic E-state index is 0.123. The number of fused-ring (bicyclic) bond motifs is 1. The Labute approximate surface area is 132 Å². The first-order chi connectivity index (χ1) is 11.3. The van der Waals surface area contributed by atoms with Crippen LogP contribution in [0.3, 0.4) is 0 Å². The summed E-state index contributed by atoms with van der Waals surface area (Å²) in [6.45, 7) is -0.0581. The molecule has 0 saturated heterocycles. The third kappa shape index (κ3) is 2.72. The molecule has 0 fully saturated rings. The Hall–Kier alpha value is -2.99. The Morgan fingerprint density at radius 1 is 1.13 bits per heavy atom. The van der Waals surface area contributed by atoms with Crippen LogP contribution in [-0.2, 0) is 6.54 Å². The van der Waals surface area contributed by atoms with Gasteiger partial charge in [-0.1, -0.05) is 42.5 Å². The van der Waals surface area contributed by atoms with Crippen LogP contribution >= 0.6 is 0 Å². The van der Waals surface area contributed by atoms with E-state index in [1.54, 1.807) is 18.2 Å². The fourth-order valence-corrected chi connectivity index (χ4v) is 2.51. The van der Waals surface area contributed by atoms with Crippen LogP contribution in [0.1, 0.15) is 11.4 Å². The first kappa shape index (κ1) is 14.9. The lowest BCUT2D eigenvalue weighted by atomic mass is 10.1. The highest BCUT2D eigenvalue weighted by atomic mass is 16.3. The molecule has 0 saturated carbocycles. The molecule has 0 aliphatic rings. The molecule has 6 heteroatoms. The minimum Gasteiger partial charge on any atom is -0.395 e. The molecule has 1 heterocycles. The van der Waals surface area contributed by atoms with E-state index >= 15 is 0 Å². The molecule has 6 nitrogen and oxygen atoms in total. The maximum atomic E-state index is 12.7. The minimum atomic E-state index is -0.225. The topological polar surface area (TPSA) is 93.5 Å². The molecule has 0 aliphatic heterocycles. The van der Waals surface area contributed by atoms with Crippen LogP contribution in [0.4, 0.5) is 0 Å². The van der Waals surface area contributed by atoms with E-state index in [0.717, 1.165) is 5.56 Å². The van der Waals surface area contributed by atoms with Gasteiger partial charge in [0.25, 0.3) is 5.56 Å². The summed E-state index contributed by atoms with van der Waals surface area (Å²) in [7, 11) is 0. The van der Waals surface area contributed by atoms with Gasteiger partial charge in [0.05, 0.1) is 24.1 Å². The van der Waals surface area contributed by atoms with Crippen LogP contribution in [0.15, 0.2) is 64.5 Å². The zero-order valence-corrected chi connectivity index (χ0v) is 12.4. The fraction of sp³-hybridized carbons (Fsp3) is 0.118. The second kappa shape index (κ2) is 6.41. The van der Waals surface area contributed by atoms with Crippen molar-refractivity contribution < 1.29 is 5.11 Å². The van der Waals surface area contributed by atoms with Gasteiger partial charge < -0.3 is 10.9 Å². The van der Waals surface area contributed by atoms with E-state index in [2.05, 4.69) is 10.1 Å². The highest BCUT2D eigenvalue weighted by Crippen LogP contribution is 2.12. The molecule has 0 radical (unpaired) electrons. The average Bonchev–Trinajstić information content (AvgIpc) is 2.60. The number of aliphatic hydroxyl groups excluding tert-OH is 1. The second-order valence-electron chi connectivity index (χ2n) is 4.98. The molecule has 3 rings (SSSR count). The number of nitrogens with zero attached hydrogens (tertiary/aromatic N) is 3. The number of nitrogens with two attached hydrogens (primary N) is 1. The van der Waals surface area contributed by atoms with Crippen LogP contribution in [0.2, 0.25) is 0 Å². The molecular formula is C17H16N4O2. The summed E-state index contributed by atoms with van der Waals surface area (Å²) in [5.41, 5.74) is 1.50. The molecule has 0 unspecified atom stereocenters. The lowest BCUT2D eigenvalue weighted by Crippen LogP contribution is -2.30. The predicted octanol–water partition coefficient (Wildman–Crippen LogP) is 1.10. The van der Waals surface area contributed by atoms with Crippen LogP contribution < -0.4 is 11.4 Å². The maximum Gasteiger partial charge on any atom is 0.261 e. The van der Waals surface area contributed by atoms with Gasteiger partial charge in [-0.3, -0.25) is 9.36 Å². The number of aromatic nitrogens is 2. The molecule has 0 bridgehead atoms. The van der Waals surface area contributed by atoms with E-state index in [9.17, 15) is 9.90 Å². The van der Waals surface area contributed by atoms with Gasteiger partial charge in [0.1, 0.15) is 5.71 Å². The number of para-hydroxylation sites is 1. The number of aliphatic hydroxyl groups is 1. The summed E-state index contributed by atoms with van der Waals surface area (Å²) in [6.07, 6.45) is 0. The number of hydrogen-bond acceptors (Lipinski definition) is 5. The normalized spacial score (nSPS) is 11.8. The lowest BCUT2D eigenvalue weighted by molar-refractivity contribution is 0.273. The Morgan fingerprint density at radius 2 is 1.83 bits per heavy atom. The van der Waals surface area contributed by atoms with Crippen molar-refractivity contribution in [2.75, 3.05) is 6.61 Å². The Bertz CT molecular complexity index is 917. The van der Waals surface area contributed by atoms with Gasteiger partial charge in [-0.2, -0.15) is 5.10 Å². The smallest absolute Gasteiger partial charge is 0.261 e. The first-order valence-corrected chi connectivity index (χ1v) is 7.20. The van der Waals surface area contributed by atoms with E-state index in [4.69, 9.17) is 5.84 Å². The molecule has 3 N–H and O–H groups in total. The summed E-state index contributed by atoms with van der Waals surface area (Å²) in [4.78, 5) is 17.3. The van der Waals surface area contributed by atoms with E-state index < -0.39 is 0 Å². The lowest BCUT2D eigenvalue weighted by Gasteiger charge is -2.14. The van der Waals surface area contributed by atoms with E-state index in [1.807, 2.05) is 36.4 Å². The van der Waals surface area contributed by atoms with Gasteiger partial charge in [-0.25, -0.2) is 4.98 Å². The van der Waals surface area contributed by atoms with Gasteiger partial charge in [-0.15, -0.1) is 0 Å². The molecule has 3 aromatic rings. The molecule has 116 valence electrons. The van der Waals surface area contributed by atoms with Crippen LogP contribution in [0, 0.1) is 0 Å². The number of hydrazone groups is 1. The third-order valence-electron chi connectivity index (χ3n) is 3.57. The van der Waals surface area contributed by atoms with E-state index in [-0.39, 0.29) is 18.7 Å². The van der Waals surface area contributed by atoms with Crippen molar-refractivity contribution in [3.8, 4) is 0 Å². The summed E-state index contributed by atoms with van der Waals surface area (Å²) < 4.78 is 1.40. The largest absolute Gasteiger partial charge is 0.395 e. The molecule has 0 atom stereocenters. The summed E-state index contributed by atoms with van der Waals surface area (Å²) in [5.74, 6) is 5.91. The zero-order valence-electron chi connectivity index (χ0n) is 12.4. The number of benzene rings is 2. The van der Waals surface area contributed by atoms with Crippen LogP contribution in [0.25, 0.3) is 10.9 Å². The number of rotatable bonds is 4. The van der Waals surface area contributed by atoms with Crippen LogP contribution in [0.5, 0.6) is 0 Å². The molecule has 0 aliphatic carbocycles. The molecule has 2 aromatic carbocycles. The predicted molar refractivity (Wildman–Crippen MR) is 89.4 cm³/mol. The fourth-order valence-electron chi connectivity index (χ4n) is 2.51. The summed E-state index contributed by atoms with van der Waals surface area (Å²) in [6, 6.07) is 16.4. The Morgan fingerprint density at radius 3 is 2.52 bits per heavy atom. The quantitative estimate of drug-likeness (QED) is 0.429. The molecule has 0 spiro atoms. The third-order valence-corrected chi connectivity index (χ3v) is 3.57. The molecule has 23 heavy (non-hydrogen) atoms. The molecule has 1 aromatic heterocycles. The van der Waals surface area contributed by atoms with Crippen molar-refractivity contribution in [3.05, 3.63) is 76.3 Å². The van der Waals surface area contributed by atoms with Crippen LogP contribution in [-0.4, -0.2) is 27.0 Å². The van der Waals surface area contributed by atoms with Gasteiger partial charge in [-0.05, 0) is 12.1 Å². The van der Waals surface area contributed by atoms with Crippen molar-refractivity contribution in [1.29, 1.82) is 0 Å². The van der Waals surface area contributed by atoms with Crippen molar-refractivity contribution in [2.45, 2.75) is 6.54 Å². The number of hydrogen-bond donors (Lipinski definition) is 2. The zero-order chi connectivity index (χ0) is 16.2. The van der Waals surface area contributed by atoms with Crippen molar-refractivity contribution in [1.82, 2.24) is 9.55 Å². The highest BCUT2D eigenvalue weighted by molar-refractivity contribution is 6.11. The Balaban J connectivity index is 2.31. The SMILES string of the molecule is N/N=C(/c1ccccc1)c1nc2ccccc2c(=O)n1CCO. The highest BCUT2D eigenvalue weighted by Gasteiger charge is 2.17. The van der Waals surface area contributed by atoms with E-state index in [1.165, 1.54) is 4.57 Å². The van der Waals surface area contributed by atoms with Crippen molar-refractivity contribution >= 4 is 16.6 Å². The molecular weight excluding hydrogens is 292 g/mol. The summed E-state index contributed by atoms with van der Waals surface area (Å²) in [5, 5.41) is 13.6. The van der Waals surface area contributed by atoms with E-state index in [0.29, 0.717) is 22.4 Å². The van der Waals surface area contributed by atoms with Gasteiger partial charge in [0.2, 0.25) is 0 Å². The second-order valence-corrected chi connectivity index (χ2v) is 4.98. The monoisotopic (exact) mass is 308 g/mol. The van der Waals surface area contributed by atoms with Gasteiger partial charge in [0.15, 0.2) is 5.82 Å².